The standard InChI is InChI=1S/C26H23ClN2O5S/c1-16-9-11-20(13-17(16)2)28-23(30)15-29-25(26(31)34-3)24(18-7-5-4-6-8-18)21-14-19(27)10-12-22(21)35(29,32)33/h4-14H,15H2,1-3H3,(H,28,30). The van der Waals surface area contributed by atoms with Gasteiger partial charge in [0.1, 0.15) is 12.2 Å². The lowest BCUT2D eigenvalue weighted by molar-refractivity contribution is -0.137. The van der Waals surface area contributed by atoms with E-state index in [0.29, 0.717) is 21.8 Å². The molecular formula is C26H23ClN2O5S. The molecule has 0 bridgehead atoms. The molecule has 4 rings (SSSR count). The summed E-state index contributed by atoms with van der Waals surface area (Å²) in [5.74, 6) is -1.50. The minimum absolute atomic E-state index is 0.0626. The molecule has 7 nitrogen and oxygen atoms in total. The molecule has 0 atom stereocenters. The van der Waals surface area contributed by atoms with Crippen molar-refractivity contribution in [2.75, 3.05) is 19.0 Å². The number of nitrogens with zero attached hydrogens (tertiary/aromatic N) is 1. The summed E-state index contributed by atoms with van der Waals surface area (Å²) in [6.07, 6.45) is 0. The molecule has 1 aliphatic rings. The molecule has 0 saturated heterocycles. The first-order chi connectivity index (χ1) is 16.6. The SMILES string of the molecule is COC(=O)C1=C(c2ccccc2)c2cc(Cl)ccc2S(=O)(=O)N1CC(=O)Nc1ccc(C)c(C)c1. The summed E-state index contributed by atoms with van der Waals surface area (Å²) in [5.41, 5.74) is 3.43. The Morgan fingerprint density at radius 3 is 2.34 bits per heavy atom. The van der Waals surface area contributed by atoms with Gasteiger partial charge in [0.15, 0.2) is 0 Å². The smallest absolute Gasteiger partial charge is 0.356 e. The molecule has 180 valence electrons. The van der Waals surface area contributed by atoms with Crippen molar-refractivity contribution in [1.82, 2.24) is 4.31 Å². The zero-order valence-electron chi connectivity index (χ0n) is 19.3. The van der Waals surface area contributed by atoms with E-state index < -0.39 is 28.4 Å². The van der Waals surface area contributed by atoms with E-state index >= 15 is 0 Å². The summed E-state index contributed by atoms with van der Waals surface area (Å²) in [7, 11) is -3.13. The maximum Gasteiger partial charge on any atom is 0.356 e. The Bertz CT molecular complexity index is 1470. The van der Waals surface area contributed by atoms with Gasteiger partial charge in [-0.1, -0.05) is 48.0 Å². The fraction of sp³-hybridized carbons (Fsp3) is 0.154. The van der Waals surface area contributed by atoms with Crippen molar-refractivity contribution in [1.29, 1.82) is 0 Å². The van der Waals surface area contributed by atoms with Crippen molar-refractivity contribution in [2.45, 2.75) is 18.7 Å². The number of benzene rings is 3. The lowest BCUT2D eigenvalue weighted by Gasteiger charge is -2.32. The lowest BCUT2D eigenvalue weighted by Crippen LogP contribution is -2.43. The second kappa shape index (κ2) is 9.56. The van der Waals surface area contributed by atoms with E-state index in [-0.39, 0.29) is 16.2 Å². The molecule has 0 unspecified atom stereocenters. The molecule has 1 N–H and O–H groups in total. The van der Waals surface area contributed by atoms with Gasteiger partial charge in [-0.15, -0.1) is 0 Å². The predicted molar refractivity (Wildman–Crippen MR) is 134 cm³/mol. The summed E-state index contributed by atoms with van der Waals surface area (Å²) in [6.45, 7) is 3.23. The normalized spacial score (nSPS) is 14.3. The van der Waals surface area contributed by atoms with Crippen LogP contribution >= 0.6 is 11.6 Å². The van der Waals surface area contributed by atoms with E-state index in [0.717, 1.165) is 22.5 Å². The molecule has 9 heteroatoms. The fourth-order valence-electron chi connectivity index (χ4n) is 3.93. The summed E-state index contributed by atoms with van der Waals surface area (Å²) < 4.78 is 33.1. The number of fused-ring (bicyclic) bond motifs is 1. The zero-order valence-corrected chi connectivity index (χ0v) is 20.9. The topological polar surface area (TPSA) is 92.8 Å². The minimum atomic E-state index is -4.29. The Morgan fingerprint density at radius 1 is 0.971 bits per heavy atom. The van der Waals surface area contributed by atoms with Crippen LogP contribution in [0.25, 0.3) is 5.57 Å². The fourth-order valence-corrected chi connectivity index (χ4v) is 5.71. The number of carbonyl (C=O) groups excluding carboxylic acids is 2. The van der Waals surface area contributed by atoms with E-state index in [1.165, 1.54) is 18.2 Å². The number of ether oxygens (including phenoxy) is 1. The number of methoxy groups -OCH3 is 1. The Balaban J connectivity index is 1.87. The third-order valence-corrected chi connectivity index (χ3v) is 7.82. The third kappa shape index (κ3) is 4.67. The van der Waals surface area contributed by atoms with Crippen molar-refractivity contribution in [2.24, 2.45) is 0 Å². The van der Waals surface area contributed by atoms with Crippen LogP contribution < -0.4 is 5.32 Å². The molecule has 1 amide bonds. The van der Waals surface area contributed by atoms with Crippen LogP contribution in [0.5, 0.6) is 0 Å². The van der Waals surface area contributed by atoms with Gasteiger partial charge in [-0.25, -0.2) is 17.5 Å². The summed E-state index contributed by atoms with van der Waals surface area (Å²) >= 11 is 6.21. The monoisotopic (exact) mass is 510 g/mol. The van der Waals surface area contributed by atoms with Crippen molar-refractivity contribution in [3.8, 4) is 0 Å². The van der Waals surface area contributed by atoms with Gasteiger partial charge in [-0.3, -0.25) is 4.79 Å². The van der Waals surface area contributed by atoms with Crippen LogP contribution in [0.1, 0.15) is 22.3 Å². The number of sulfonamides is 1. The van der Waals surface area contributed by atoms with Gasteiger partial charge in [0.2, 0.25) is 5.91 Å². The highest BCUT2D eigenvalue weighted by Gasteiger charge is 2.41. The zero-order chi connectivity index (χ0) is 25.3. The van der Waals surface area contributed by atoms with Gasteiger partial charge in [-0.05, 0) is 60.9 Å². The summed E-state index contributed by atoms with van der Waals surface area (Å²) in [6, 6.07) is 18.5. The van der Waals surface area contributed by atoms with Crippen molar-refractivity contribution in [3.63, 3.8) is 0 Å². The Morgan fingerprint density at radius 2 is 1.69 bits per heavy atom. The van der Waals surface area contributed by atoms with Crippen molar-refractivity contribution < 1.29 is 22.7 Å². The Kier molecular flexibility index (Phi) is 6.69. The maximum absolute atomic E-state index is 13.7. The number of anilines is 1. The van der Waals surface area contributed by atoms with Gasteiger partial charge in [0.25, 0.3) is 10.0 Å². The number of amides is 1. The number of nitrogens with one attached hydrogen (secondary N) is 1. The molecule has 0 spiro atoms. The molecule has 0 aromatic heterocycles. The number of rotatable bonds is 5. The molecule has 1 heterocycles. The number of hydrogen-bond donors (Lipinski definition) is 1. The number of hydrogen-bond acceptors (Lipinski definition) is 5. The van der Waals surface area contributed by atoms with Crippen LogP contribution in [0.2, 0.25) is 5.02 Å². The van der Waals surface area contributed by atoms with Crippen LogP contribution in [0.4, 0.5) is 5.69 Å². The van der Waals surface area contributed by atoms with Gasteiger partial charge in [0.05, 0.1) is 12.0 Å². The Labute approximate surface area is 209 Å². The molecule has 3 aromatic carbocycles. The highest BCUT2D eigenvalue weighted by molar-refractivity contribution is 7.89. The minimum Gasteiger partial charge on any atom is -0.464 e. The second-order valence-electron chi connectivity index (χ2n) is 8.08. The molecule has 35 heavy (non-hydrogen) atoms. The van der Waals surface area contributed by atoms with Crippen molar-refractivity contribution in [3.05, 3.63) is 99.7 Å². The van der Waals surface area contributed by atoms with Crippen LogP contribution in [-0.4, -0.2) is 38.3 Å². The van der Waals surface area contributed by atoms with Crippen LogP contribution in [-0.2, 0) is 24.3 Å². The van der Waals surface area contributed by atoms with E-state index in [1.807, 2.05) is 19.9 Å². The van der Waals surface area contributed by atoms with Gasteiger partial charge in [-0.2, -0.15) is 0 Å². The van der Waals surface area contributed by atoms with Crippen LogP contribution in [0, 0.1) is 13.8 Å². The second-order valence-corrected chi connectivity index (χ2v) is 10.3. The molecule has 0 saturated carbocycles. The van der Waals surface area contributed by atoms with E-state index in [4.69, 9.17) is 16.3 Å². The van der Waals surface area contributed by atoms with Gasteiger partial charge in [0, 0.05) is 21.8 Å². The summed E-state index contributed by atoms with van der Waals surface area (Å²) in [4.78, 5) is 26.0. The quantitative estimate of drug-likeness (QED) is 0.509. The highest BCUT2D eigenvalue weighted by Crippen LogP contribution is 2.41. The first kappa shape index (κ1) is 24.5. The lowest BCUT2D eigenvalue weighted by atomic mass is 9.95. The van der Waals surface area contributed by atoms with Gasteiger partial charge < -0.3 is 10.1 Å². The number of esters is 1. The molecule has 0 fully saturated rings. The Hall–Kier alpha value is -3.62. The molecular weight excluding hydrogens is 488 g/mol. The average Bonchev–Trinajstić information content (AvgIpc) is 2.83. The van der Waals surface area contributed by atoms with Crippen LogP contribution in [0.3, 0.4) is 0 Å². The molecule has 0 radical (unpaired) electrons. The molecule has 1 aliphatic heterocycles. The summed E-state index contributed by atoms with van der Waals surface area (Å²) in [5, 5.41) is 3.02. The number of halogens is 1. The predicted octanol–water partition coefficient (Wildman–Crippen LogP) is 4.53. The highest BCUT2D eigenvalue weighted by atomic mass is 35.5. The molecule has 0 aliphatic carbocycles. The third-order valence-electron chi connectivity index (χ3n) is 5.78. The van der Waals surface area contributed by atoms with Gasteiger partial charge >= 0.3 is 5.97 Å². The van der Waals surface area contributed by atoms with Crippen LogP contribution in [0.15, 0.2) is 77.3 Å². The first-order valence-corrected chi connectivity index (χ1v) is 12.5. The maximum atomic E-state index is 13.7. The number of carbonyl (C=O) groups is 2. The first-order valence-electron chi connectivity index (χ1n) is 10.7. The number of aryl methyl sites for hydroxylation is 2. The van der Waals surface area contributed by atoms with E-state index in [1.54, 1.807) is 42.5 Å². The van der Waals surface area contributed by atoms with E-state index in [2.05, 4.69) is 5.32 Å². The largest absolute Gasteiger partial charge is 0.464 e. The van der Waals surface area contributed by atoms with Crippen molar-refractivity contribution >= 4 is 44.8 Å². The van der Waals surface area contributed by atoms with E-state index in [9.17, 15) is 18.0 Å². The molecule has 3 aromatic rings. The average molecular weight is 511 g/mol.